The minimum absolute atomic E-state index is 0.243. The lowest BCUT2D eigenvalue weighted by Crippen LogP contribution is -2.22. The number of hydrogen-bond acceptors (Lipinski definition) is 2. The van der Waals surface area contributed by atoms with Crippen molar-refractivity contribution in [3.63, 3.8) is 0 Å². The van der Waals surface area contributed by atoms with Crippen molar-refractivity contribution in [3.05, 3.63) is 58.7 Å². The molecule has 0 N–H and O–H groups in total. The lowest BCUT2D eigenvalue weighted by molar-refractivity contribution is 0.360. The van der Waals surface area contributed by atoms with Crippen LogP contribution < -0.4 is 9.47 Å². The van der Waals surface area contributed by atoms with Crippen LogP contribution in [0.2, 0.25) is 0 Å². The summed E-state index contributed by atoms with van der Waals surface area (Å²) >= 11 is 0. The predicted molar refractivity (Wildman–Crippen MR) is 129 cm³/mol. The molecule has 0 fully saturated rings. The maximum absolute atomic E-state index is 13.5. The second kappa shape index (κ2) is 14.3. The van der Waals surface area contributed by atoms with Crippen molar-refractivity contribution in [1.29, 1.82) is 0 Å². The van der Waals surface area contributed by atoms with Crippen molar-refractivity contribution < 1.29 is 18.3 Å². The summed E-state index contributed by atoms with van der Waals surface area (Å²) < 4.78 is 38.9. The van der Waals surface area contributed by atoms with E-state index < -0.39 is 10.0 Å². The number of ether oxygens (including phenoxy) is 2. The van der Waals surface area contributed by atoms with Crippen molar-refractivity contribution in [2.45, 2.75) is 62.3 Å². The van der Waals surface area contributed by atoms with Gasteiger partial charge in [0.05, 0.1) is 0 Å². The Morgan fingerprint density at radius 1 is 0.700 bits per heavy atom. The maximum Gasteiger partial charge on any atom is 0.126 e. The molecule has 0 spiro atoms. The third kappa shape index (κ3) is 8.17. The Labute approximate surface area is 184 Å². The molecule has 0 aromatic heterocycles. The molecule has 0 radical (unpaired) electrons. The van der Waals surface area contributed by atoms with Crippen molar-refractivity contribution in [3.8, 4) is 11.5 Å². The summed E-state index contributed by atoms with van der Waals surface area (Å²) in [6.45, 7) is 17.9. The van der Waals surface area contributed by atoms with Crippen LogP contribution in [0.15, 0.2) is 30.3 Å². The molecule has 172 valence electrons. The predicted octanol–water partition coefficient (Wildman–Crippen LogP) is 8.16. The Balaban J connectivity index is 0.00000198. The molecule has 0 amide bonds. The van der Waals surface area contributed by atoms with E-state index in [4.69, 9.17) is 9.47 Å². The molecule has 0 heterocycles. The molecule has 0 saturated carbocycles. The standard InChI is InChI=1S/C21H28F2O2S.2C2H6/c1-6-26(7-2,13-24-20-9-8-18(22)10-15(20)3)14-25-21-16(4)11-19(23)12-17(21)5;2*1-2/h8-12H,6-7,13-14H2,1-5H3;2*1-2H3. The van der Waals surface area contributed by atoms with Gasteiger partial charge in [0.1, 0.15) is 35.0 Å². The first-order valence-corrected chi connectivity index (χ1v) is 13.1. The van der Waals surface area contributed by atoms with Crippen LogP contribution in [0.5, 0.6) is 11.5 Å². The number of aryl methyl sites for hydroxylation is 3. The van der Waals surface area contributed by atoms with E-state index in [1.165, 1.54) is 24.3 Å². The van der Waals surface area contributed by atoms with E-state index >= 15 is 0 Å². The Hall–Kier alpha value is -1.75. The maximum atomic E-state index is 13.5. The number of halogens is 2. The van der Waals surface area contributed by atoms with Gasteiger partial charge in [0.2, 0.25) is 0 Å². The van der Waals surface area contributed by atoms with E-state index in [9.17, 15) is 8.78 Å². The third-order valence-electron chi connectivity index (χ3n) is 4.70. The van der Waals surface area contributed by atoms with Crippen LogP contribution in [0.25, 0.3) is 0 Å². The van der Waals surface area contributed by atoms with Gasteiger partial charge in [0.15, 0.2) is 0 Å². The van der Waals surface area contributed by atoms with Gasteiger partial charge in [-0.15, -0.1) is 0 Å². The molecule has 2 nitrogen and oxygen atoms in total. The average molecular weight is 443 g/mol. The van der Waals surface area contributed by atoms with Crippen LogP contribution in [0, 0.1) is 32.4 Å². The van der Waals surface area contributed by atoms with Crippen LogP contribution in [0.4, 0.5) is 8.78 Å². The quantitative estimate of drug-likeness (QED) is 0.410. The molecular weight excluding hydrogens is 402 g/mol. The van der Waals surface area contributed by atoms with E-state index in [2.05, 4.69) is 13.8 Å². The van der Waals surface area contributed by atoms with Gasteiger partial charge in [0, 0.05) is 0 Å². The number of hydrogen-bond donors (Lipinski definition) is 0. The molecule has 0 saturated heterocycles. The monoisotopic (exact) mass is 442 g/mol. The third-order valence-corrected chi connectivity index (χ3v) is 8.39. The molecule has 0 aliphatic heterocycles. The molecule has 0 atom stereocenters. The van der Waals surface area contributed by atoms with Crippen LogP contribution in [-0.4, -0.2) is 23.4 Å². The van der Waals surface area contributed by atoms with Crippen molar-refractivity contribution in [1.82, 2.24) is 0 Å². The summed E-state index contributed by atoms with van der Waals surface area (Å²) in [5.74, 6) is 4.00. The zero-order valence-corrected chi connectivity index (χ0v) is 21.0. The zero-order chi connectivity index (χ0) is 23.3. The highest BCUT2D eigenvalue weighted by molar-refractivity contribution is 8.33. The van der Waals surface area contributed by atoms with Crippen LogP contribution >= 0.6 is 10.0 Å². The van der Waals surface area contributed by atoms with Gasteiger partial charge >= 0.3 is 0 Å². The lowest BCUT2D eigenvalue weighted by Gasteiger charge is -2.37. The molecule has 30 heavy (non-hydrogen) atoms. The highest BCUT2D eigenvalue weighted by Crippen LogP contribution is 2.48. The summed E-state index contributed by atoms with van der Waals surface area (Å²) in [7, 11) is -1.17. The first kappa shape index (κ1) is 28.2. The Bertz CT molecular complexity index is 736. The molecule has 2 aromatic rings. The smallest absolute Gasteiger partial charge is 0.126 e. The Morgan fingerprint density at radius 2 is 1.17 bits per heavy atom. The minimum Gasteiger partial charge on any atom is -0.484 e. The summed E-state index contributed by atoms with van der Waals surface area (Å²) in [5, 5.41) is 0. The van der Waals surface area contributed by atoms with E-state index in [0.29, 0.717) is 17.6 Å². The fourth-order valence-corrected chi connectivity index (χ4v) is 4.73. The van der Waals surface area contributed by atoms with E-state index in [1.54, 1.807) is 6.07 Å². The molecule has 2 aromatic carbocycles. The first-order valence-electron chi connectivity index (χ1n) is 10.8. The van der Waals surface area contributed by atoms with Gasteiger partial charge in [-0.3, -0.25) is 0 Å². The van der Waals surface area contributed by atoms with Crippen molar-refractivity contribution in [2.24, 2.45) is 0 Å². The summed E-state index contributed by atoms with van der Waals surface area (Å²) in [6.07, 6.45) is 0. The van der Waals surface area contributed by atoms with Gasteiger partial charge in [-0.2, -0.15) is 10.0 Å². The SMILES string of the molecule is CC.CC.CCS(CC)(COc1ccc(F)cc1C)COc1c(C)cc(F)cc1C. The molecular formula is C25H40F2O2S. The molecule has 0 aliphatic rings. The minimum atomic E-state index is -1.17. The second-order valence-corrected chi connectivity index (χ2v) is 10.7. The summed E-state index contributed by atoms with van der Waals surface area (Å²) in [5.41, 5.74) is 2.40. The Kier molecular flexibility index (Phi) is 13.5. The highest BCUT2D eigenvalue weighted by atomic mass is 32.3. The van der Waals surface area contributed by atoms with Crippen LogP contribution in [0.1, 0.15) is 58.2 Å². The fraction of sp³-hybridized carbons (Fsp3) is 0.520. The van der Waals surface area contributed by atoms with Crippen LogP contribution in [-0.2, 0) is 0 Å². The Morgan fingerprint density at radius 3 is 1.63 bits per heavy atom. The number of rotatable bonds is 8. The van der Waals surface area contributed by atoms with Gasteiger partial charge in [-0.05, 0) is 79.3 Å². The van der Waals surface area contributed by atoms with Gasteiger partial charge in [0.25, 0.3) is 0 Å². The van der Waals surface area contributed by atoms with Gasteiger partial charge in [-0.1, -0.05) is 41.5 Å². The summed E-state index contributed by atoms with van der Waals surface area (Å²) in [4.78, 5) is 0. The molecule has 2 rings (SSSR count). The average Bonchev–Trinajstić information content (AvgIpc) is 2.74. The molecule has 0 aliphatic carbocycles. The molecule has 0 unspecified atom stereocenters. The van der Waals surface area contributed by atoms with E-state index in [0.717, 1.165) is 33.9 Å². The van der Waals surface area contributed by atoms with Gasteiger partial charge < -0.3 is 9.47 Å². The highest BCUT2D eigenvalue weighted by Gasteiger charge is 2.23. The summed E-state index contributed by atoms with van der Waals surface area (Å²) in [6, 6.07) is 7.56. The molecule has 5 heteroatoms. The normalized spacial score (nSPS) is 10.9. The second-order valence-electron chi connectivity index (χ2n) is 6.61. The largest absolute Gasteiger partial charge is 0.484 e. The first-order chi connectivity index (χ1) is 14.3. The number of benzene rings is 2. The fourth-order valence-electron chi connectivity index (χ4n) is 2.84. The van der Waals surface area contributed by atoms with Crippen molar-refractivity contribution >= 4 is 10.0 Å². The van der Waals surface area contributed by atoms with Crippen LogP contribution in [0.3, 0.4) is 0 Å². The van der Waals surface area contributed by atoms with Gasteiger partial charge in [-0.25, -0.2) is 8.78 Å². The topological polar surface area (TPSA) is 18.5 Å². The van der Waals surface area contributed by atoms with E-state index in [1.807, 2.05) is 48.5 Å². The zero-order valence-electron chi connectivity index (χ0n) is 20.2. The lowest BCUT2D eigenvalue weighted by atomic mass is 10.1. The molecule has 0 bridgehead atoms. The van der Waals surface area contributed by atoms with E-state index in [-0.39, 0.29) is 11.6 Å². The van der Waals surface area contributed by atoms with Crippen molar-refractivity contribution in [2.75, 3.05) is 23.4 Å².